The molecule has 1 aromatic heterocycles. The predicted octanol–water partition coefficient (Wildman–Crippen LogP) is 5.43. The van der Waals surface area contributed by atoms with Crippen molar-refractivity contribution < 1.29 is 9.53 Å². The van der Waals surface area contributed by atoms with Crippen molar-refractivity contribution in [1.82, 2.24) is 4.57 Å². The third kappa shape index (κ3) is 5.08. The first-order valence-corrected chi connectivity index (χ1v) is 10.2. The average molecular weight is 422 g/mol. The topological polar surface area (TPSA) is 48.3 Å². The Balaban J connectivity index is 1.93. The summed E-state index contributed by atoms with van der Waals surface area (Å²) in [6.07, 6.45) is 5.35. The fraction of sp³-hybridized carbons (Fsp3) is 0.200. The number of benzene rings is 2. The fourth-order valence-corrected chi connectivity index (χ4v) is 3.56. The zero-order valence-electron chi connectivity index (χ0n) is 17.1. The summed E-state index contributed by atoms with van der Waals surface area (Å²) in [6.45, 7) is 4.95. The van der Waals surface area contributed by atoms with Crippen LogP contribution < -0.4 is 10.3 Å². The van der Waals surface area contributed by atoms with Gasteiger partial charge in [0, 0.05) is 23.4 Å². The molecule has 30 heavy (non-hydrogen) atoms. The fourth-order valence-electron chi connectivity index (χ4n) is 3.30. The number of hydrogen-bond donors (Lipinski definition) is 0. The van der Waals surface area contributed by atoms with Crippen molar-refractivity contribution in [1.29, 1.82) is 0 Å². The molecule has 0 spiro atoms. The summed E-state index contributed by atoms with van der Waals surface area (Å²) < 4.78 is 7.39. The number of ether oxygens (including phenoxy) is 1. The molecule has 2 aromatic carbocycles. The molecule has 0 aliphatic carbocycles. The predicted molar refractivity (Wildman–Crippen MR) is 123 cm³/mol. The van der Waals surface area contributed by atoms with Gasteiger partial charge in [-0.3, -0.25) is 9.59 Å². The van der Waals surface area contributed by atoms with Gasteiger partial charge in [-0.15, -0.1) is 0 Å². The van der Waals surface area contributed by atoms with E-state index >= 15 is 0 Å². The van der Waals surface area contributed by atoms with Crippen LogP contribution in [0.3, 0.4) is 0 Å². The van der Waals surface area contributed by atoms with E-state index in [4.69, 9.17) is 16.3 Å². The third-order valence-corrected chi connectivity index (χ3v) is 5.14. The molecule has 0 atom stereocenters. The van der Waals surface area contributed by atoms with E-state index in [0.717, 1.165) is 34.4 Å². The van der Waals surface area contributed by atoms with E-state index in [0.29, 0.717) is 25.1 Å². The van der Waals surface area contributed by atoms with E-state index in [1.807, 2.05) is 62.4 Å². The van der Waals surface area contributed by atoms with Gasteiger partial charge >= 0.3 is 0 Å². The maximum Gasteiger partial charge on any atom is 0.269 e. The zero-order chi connectivity index (χ0) is 21.5. The van der Waals surface area contributed by atoms with Gasteiger partial charge in [0.1, 0.15) is 17.1 Å². The van der Waals surface area contributed by atoms with Gasteiger partial charge in [0.25, 0.3) is 5.56 Å². The van der Waals surface area contributed by atoms with Gasteiger partial charge in [-0.05, 0) is 55.7 Å². The van der Waals surface area contributed by atoms with Crippen LogP contribution in [-0.2, 0) is 13.0 Å². The molecule has 154 valence electrons. The van der Waals surface area contributed by atoms with Crippen LogP contribution in [0.5, 0.6) is 5.75 Å². The monoisotopic (exact) mass is 421 g/mol. The first-order valence-electron chi connectivity index (χ1n) is 9.87. The summed E-state index contributed by atoms with van der Waals surface area (Å²) in [6, 6.07) is 16.8. The molecule has 4 nitrogen and oxygen atoms in total. The molecule has 0 aliphatic rings. The zero-order valence-corrected chi connectivity index (χ0v) is 17.9. The molecule has 3 aromatic rings. The molecule has 0 fully saturated rings. The summed E-state index contributed by atoms with van der Waals surface area (Å²) in [7, 11) is 0. The number of pyridine rings is 1. The van der Waals surface area contributed by atoms with Gasteiger partial charge in [0.15, 0.2) is 0 Å². The number of halogens is 1. The molecule has 0 unspecified atom stereocenters. The van der Waals surface area contributed by atoms with Crippen LogP contribution in [0.2, 0.25) is 5.02 Å². The van der Waals surface area contributed by atoms with Gasteiger partial charge in [-0.2, -0.15) is 0 Å². The normalized spacial score (nSPS) is 11.0. The highest BCUT2D eigenvalue weighted by Gasteiger charge is 2.10. The lowest BCUT2D eigenvalue weighted by Gasteiger charge is -2.14. The summed E-state index contributed by atoms with van der Waals surface area (Å²) in [5.74, 6) is 0.798. The average Bonchev–Trinajstić information content (AvgIpc) is 2.76. The van der Waals surface area contributed by atoms with Crippen LogP contribution in [0.25, 0.3) is 12.2 Å². The first kappa shape index (κ1) is 21.6. The van der Waals surface area contributed by atoms with Crippen molar-refractivity contribution in [3.05, 3.63) is 97.9 Å². The molecule has 0 radical (unpaired) electrons. The van der Waals surface area contributed by atoms with E-state index < -0.39 is 0 Å². The third-order valence-electron chi connectivity index (χ3n) is 4.87. The molecule has 0 amide bonds. The van der Waals surface area contributed by atoms with Crippen LogP contribution in [0, 0.1) is 6.92 Å². The van der Waals surface area contributed by atoms with Crippen molar-refractivity contribution in [2.24, 2.45) is 0 Å². The van der Waals surface area contributed by atoms with E-state index in [1.165, 1.54) is 0 Å². The SMILES string of the molecule is CCOc1ccccc1/C=C/c1c(C)cc(Cl)c(=O)n1CCc1ccc(C=O)cc1. The first-order chi connectivity index (χ1) is 14.5. The molecule has 0 saturated heterocycles. The Kier molecular flexibility index (Phi) is 7.26. The largest absolute Gasteiger partial charge is 0.493 e. The van der Waals surface area contributed by atoms with Gasteiger partial charge in [0.2, 0.25) is 0 Å². The Labute approximate surface area is 181 Å². The molecule has 0 aliphatic heterocycles. The molecule has 0 saturated carbocycles. The van der Waals surface area contributed by atoms with E-state index in [2.05, 4.69) is 0 Å². The van der Waals surface area contributed by atoms with Crippen molar-refractivity contribution in [3.63, 3.8) is 0 Å². The molecule has 0 bridgehead atoms. The molecular weight excluding hydrogens is 398 g/mol. The Morgan fingerprint density at radius 1 is 1.07 bits per heavy atom. The van der Waals surface area contributed by atoms with Gasteiger partial charge in [-0.25, -0.2) is 0 Å². The number of nitrogens with zero attached hydrogens (tertiary/aromatic N) is 1. The number of carbonyl (C=O) groups excluding carboxylic acids is 1. The van der Waals surface area contributed by atoms with Crippen molar-refractivity contribution in [2.45, 2.75) is 26.8 Å². The van der Waals surface area contributed by atoms with Crippen LogP contribution in [0.4, 0.5) is 0 Å². The Morgan fingerprint density at radius 2 is 1.80 bits per heavy atom. The Morgan fingerprint density at radius 3 is 2.50 bits per heavy atom. The van der Waals surface area contributed by atoms with Gasteiger partial charge in [-0.1, -0.05) is 54.1 Å². The minimum atomic E-state index is -0.218. The number of aromatic nitrogens is 1. The number of aldehydes is 1. The van der Waals surface area contributed by atoms with E-state index in [9.17, 15) is 9.59 Å². The lowest BCUT2D eigenvalue weighted by Crippen LogP contribution is -2.24. The van der Waals surface area contributed by atoms with Crippen LogP contribution in [-0.4, -0.2) is 17.5 Å². The van der Waals surface area contributed by atoms with E-state index in [1.54, 1.807) is 22.8 Å². The molecule has 5 heteroatoms. The minimum Gasteiger partial charge on any atom is -0.493 e. The molecule has 1 heterocycles. The summed E-state index contributed by atoms with van der Waals surface area (Å²) in [5.41, 5.74) is 4.12. The molecule has 0 N–H and O–H groups in total. The molecular formula is C25H24ClNO3. The van der Waals surface area contributed by atoms with Crippen molar-refractivity contribution >= 4 is 30.0 Å². The number of rotatable bonds is 8. The van der Waals surface area contributed by atoms with Crippen molar-refractivity contribution in [3.8, 4) is 5.75 Å². The number of aryl methyl sites for hydroxylation is 2. The maximum absolute atomic E-state index is 12.8. The molecule has 3 rings (SSSR count). The van der Waals surface area contributed by atoms with E-state index in [-0.39, 0.29) is 10.6 Å². The van der Waals surface area contributed by atoms with Crippen LogP contribution >= 0.6 is 11.6 Å². The second-order valence-electron chi connectivity index (χ2n) is 6.93. The number of hydrogen-bond acceptors (Lipinski definition) is 3. The highest BCUT2D eigenvalue weighted by molar-refractivity contribution is 6.30. The summed E-state index contributed by atoms with van der Waals surface area (Å²) >= 11 is 6.18. The van der Waals surface area contributed by atoms with Crippen molar-refractivity contribution in [2.75, 3.05) is 6.61 Å². The Bertz CT molecular complexity index is 1110. The highest BCUT2D eigenvalue weighted by atomic mass is 35.5. The van der Waals surface area contributed by atoms with Gasteiger partial charge < -0.3 is 9.30 Å². The smallest absolute Gasteiger partial charge is 0.269 e. The van der Waals surface area contributed by atoms with Gasteiger partial charge in [0.05, 0.1) is 6.61 Å². The summed E-state index contributed by atoms with van der Waals surface area (Å²) in [5, 5.41) is 0.204. The standard InChI is InChI=1S/C25H24ClNO3/c1-3-30-24-7-5-4-6-21(24)12-13-23-18(2)16-22(26)25(29)27(23)15-14-19-8-10-20(17-28)11-9-19/h4-13,16-17H,3,14-15H2,1-2H3/b13-12+. The second-order valence-corrected chi connectivity index (χ2v) is 7.34. The highest BCUT2D eigenvalue weighted by Crippen LogP contribution is 2.22. The maximum atomic E-state index is 12.8. The Hall–Kier alpha value is -3.11. The van der Waals surface area contributed by atoms with Crippen LogP contribution in [0.1, 0.15) is 39.7 Å². The second kappa shape index (κ2) is 10.1. The quantitative estimate of drug-likeness (QED) is 0.455. The summed E-state index contributed by atoms with van der Waals surface area (Å²) in [4.78, 5) is 23.6. The minimum absolute atomic E-state index is 0.204. The lowest BCUT2D eigenvalue weighted by atomic mass is 10.1. The number of carbonyl (C=O) groups is 1. The lowest BCUT2D eigenvalue weighted by molar-refractivity contribution is 0.112. The van der Waals surface area contributed by atoms with Crippen LogP contribution in [0.15, 0.2) is 59.4 Å². The number of para-hydroxylation sites is 1.